The zero-order chi connectivity index (χ0) is 19.7. The lowest BCUT2D eigenvalue weighted by Crippen LogP contribution is -2.23. The minimum Gasteiger partial charge on any atom is -0.268 e. The summed E-state index contributed by atoms with van der Waals surface area (Å²) in [4.78, 5) is 17.9. The molecule has 3 nitrogen and oxygen atoms in total. The standard InChI is InChI=1S/C23H16ClFN2O/c1-15-10-12-17(24)14-21(15)27-22(13-11-16-6-2-4-8-19(16)25)26-20-9-5-3-7-18(20)23(27)28/h2-14H,1H3. The first kappa shape index (κ1) is 18.1. The molecular formula is C23H16ClFN2O. The van der Waals surface area contributed by atoms with E-state index in [-0.39, 0.29) is 11.4 Å². The second kappa shape index (κ2) is 7.41. The normalized spacial score (nSPS) is 11.4. The van der Waals surface area contributed by atoms with E-state index in [9.17, 15) is 9.18 Å². The molecule has 1 heterocycles. The van der Waals surface area contributed by atoms with Gasteiger partial charge in [0.15, 0.2) is 0 Å². The molecule has 0 saturated heterocycles. The summed E-state index contributed by atoms with van der Waals surface area (Å²) in [7, 11) is 0. The molecule has 4 aromatic rings. The molecule has 5 heteroatoms. The summed E-state index contributed by atoms with van der Waals surface area (Å²) in [5, 5.41) is 1.02. The fourth-order valence-electron chi connectivity index (χ4n) is 3.09. The molecule has 138 valence electrons. The Kier molecular flexibility index (Phi) is 4.80. The Morgan fingerprint density at radius 1 is 1.00 bits per heavy atom. The minimum atomic E-state index is -0.340. The number of aryl methyl sites for hydroxylation is 1. The second-order valence-electron chi connectivity index (χ2n) is 6.41. The molecule has 0 aliphatic heterocycles. The zero-order valence-electron chi connectivity index (χ0n) is 15.1. The number of para-hydroxylation sites is 1. The van der Waals surface area contributed by atoms with Gasteiger partial charge in [-0.1, -0.05) is 48.0 Å². The second-order valence-corrected chi connectivity index (χ2v) is 6.85. The van der Waals surface area contributed by atoms with Crippen LogP contribution < -0.4 is 5.56 Å². The van der Waals surface area contributed by atoms with Gasteiger partial charge in [-0.2, -0.15) is 0 Å². The van der Waals surface area contributed by atoms with E-state index in [4.69, 9.17) is 11.6 Å². The van der Waals surface area contributed by atoms with Crippen molar-refractivity contribution in [3.8, 4) is 5.69 Å². The van der Waals surface area contributed by atoms with Gasteiger partial charge in [0.25, 0.3) is 5.56 Å². The van der Waals surface area contributed by atoms with Crippen molar-refractivity contribution in [2.45, 2.75) is 6.92 Å². The highest BCUT2D eigenvalue weighted by Gasteiger charge is 2.13. The van der Waals surface area contributed by atoms with Crippen LogP contribution in [0.2, 0.25) is 5.02 Å². The fraction of sp³-hybridized carbons (Fsp3) is 0.0435. The zero-order valence-corrected chi connectivity index (χ0v) is 15.8. The summed E-state index contributed by atoms with van der Waals surface area (Å²) in [6.45, 7) is 1.90. The van der Waals surface area contributed by atoms with Crippen molar-refractivity contribution in [1.29, 1.82) is 0 Å². The topological polar surface area (TPSA) is 34.9 Å². The van der Waals surface area contributed by atoms with Crippen molar-refractivity contribution in [3.63, 3.8) is 0 Å². The Hall–Kier alpha value is -3.24. The van der Waals surface area contributed by atoms with E-state index >= 15 is 0 Å². The monoisotopic (exact) mass is 390 g/mol. The van der Waals surface area contributed by atoms with E-state index < -0.39 is 0 Å². The van der Waals surface area contributed by atoms with Gasteiger partial charge >= 0.3 is 0 Å². The first-order valence-electron chi connectivity index (χ1n) is 8.75. The lowest BCUT2D eigenvalue weighted by atomic mass is 10.1. The van der Waals surface area contributed by atoms with Crippen LogP contribution >= 0.6 is 11.6 Å². The van der Waals surface area contributed by atoms with Gasteiger partial charge < -0.3 is 0 Å². The molecule has 28 heavy (non-hydrogen) atoms. The summed E-state index contributed by atoms with van der Waals surface area (Å²) < 4.78 is 15.5. The summed E-state index contributed by atoms with van der Waals surface area (Å²) in [6, 6.07) is 19.0. The van der Waals surface area contributed by atoms with Crippen molar-refractivity contribution in [2.24, 2.45) is 0 Å². The van der Waals surface area contributed by atoms with E-state index in [1.807, 2.05) is 19.1 Å². The van der Waals surface area contributed by atoms with Crippen molar-refractivity contribution < 1.29 is 4.39 Å². The van der Waals surface area contributed by atoms with Crippen LogP contribution in [0.4, 0.5) is 4.39 Å². The molecule has 0 aliphatic carbocycles. The first-order chi connectivity index (χ1) is 13.5. The predicted octanol–water partition coefficient (Wildman–Crippen LogP) is 5.66. The summed E-state index contributed by atoms with van der Waals surface area (Å²) in [5.41, 5.74) is 2.31. The van der Waals surface area contributed by atoms with Crippen molar-refractivity contribution in [2.75, 3.05) is 0 Å². The molecule has 0 N–H and O–H groups in total. The molecule has 1 aromatic heterocycles. The summed E-state index contributed by atoms with van der Waals surface area (Å²) in [5.74, 6) is 0.0599. The van der Waals surface area contributed by atoms with Gasteiger partial charge in [0.05, 0.1) is 16.6 Å². The highest BCUT2D eigenvalue weighted by atomic mass is 35.5. The Bertz CT molecular complexity index is 1280. The molecule has 4 rings (SSSR count). The Balaban J connectivity index is 2.00. The van der Waals surface area contributed by atoms with E-state index in [1.54, 1.807) is 60.7 Å². The fourth-order valence-corrected chi connectivity index (χ4v) is 3.26. The van der Waals surface area contributed by atoms with Crippen LogP contribution in [0.5, 0.6) is 0 Å². The molecule has 0 unspecified atom stereocenters. The smallest absolute Gasteiger partial charge is 0.266 e. The van der Waals surface area contributed by atoms with Crippen LogP contribution in [0, 0.1) is 12.7 Å². The van der Waals surface area contributed by atoms with E-state index in [1.165, 1.54) is 10.6 Å². The van der Waals surface area contributed by atoms with Gasteiger partial charge in [0.1, 0.15) is 11.6 Å². The van der Waals surface area contributed by atoms with Gasteiger partial charge in [-0.15, -0.1) is 0 Å². The molecule has 3 aromatic carbocycles. The number of halogens is 2. The van der Waals surface area contributed by atoms with E-state index in [2.05, 4.69) is 4.98 Å². The van der Waals surface area contributed by atoms with Gasteiger partial charge in [-0.25, -0.2) is 9.37 Å². The summed E-state index contributed by atoms with van der Waals surface area (Å²) in [6.07, 6.45) is 3.26. The molecule has 0 spiro atoms. The van der Waals surface area contributed by atoms with Crippen LogP contribution in [0.15, 0.2) is 71.5 Å². The third-order valence-corrected chi connectivity index (χ3v) is 4.77. The number of hydrogen-bond donors (Lipinski definition) is 0. The maximum atomic E-state index is 14.0. The van der Waals surface area contributed by atoms with Crippen LogP contribution in [0.3, 0.4) is 0 Å². The van der Waals surface area contributed by atoms with Crippen molar-refractivity contribution >= 4 is 34.7 Å². The van der Waals surface area contributed by atoms with Gasteiger partial charge in [0.2, 0.25) is 0 Å². The average molecular weight is 391 g/mol. The lowest BCUT2D eigenvalue weighted by molar-refractivity contribution is 0.625. The van der Waals surface area contributed by atoms with Gasteiger partial charge in [-0.05, 0) is 55.0 Å². The van der Waals surface area contributed by atoms with Crippen molar-refractivity contribution in [1.82, 2.24) is 9.55 Å². The molecule has 0 saturated carbocycles. The third-order valence-electron chi connectivity index (χ3n) is 4.53. The number of nitrogens with zero attached hydrogens (tertiary/aromatic N) is 2. The third kappa shape index (κ3) is 3.35. The number of benzene rings is 3. The number of aromatic nitrogens is 2. The van der Waals surface area contributed by atoms with Crippen LogP contribution in [0.25, 0.3) is 28.7 Å². The average Bonchev–Trinajstić information content (AvgIpc) is 2.70. The van der Waals surface area contributed by atoms with E-state index in [0.29, 0.717) is 33.0 Å². The van der Waals surface area contributed by atoms with Gasteiger partial charge in [0, 0.05) is 10.6 Å². The largest absolute Gasteiger partial charge is 0.268 e. The SMILES string of the molecule is Cc1ccc(Cl)cc1-n1c(C=Cc2ccccc2F)nc2ccccc2c1=O. The van der Waals surface area contributed by atoms with Gasteiger partial charge in [-0.3, -0.25) is 9.36 Å². The first-order valence-corrected chi connectivity index (χ1v) is 9.13. The Labute approximate surface area is 166 Å². The number of fused-ring (bicyclic) bond motifs is 1. The molecule has 0 aliphatic rings. The maximum absolute atomic E-state index is 14.0. The summed E-state index contributed by atoms with van der Waals surface area (Å²) >= 11 is 6.18. The molecule has 0 amide bonds. The molecule has 0 radical (unpaired) electrons. The highest BCUT2D eigenvalue weighted by molar-refractivity contribution is 6.30. The maximum Gasteiger partial charge on any atom is 0.266 e. The Morgan fingerprint density at radius 3 is 2.57 bits per heavy atom. The Morgan fingerprint density at radius 2 is 1.75 bits per heavy atom. The quantitative estimate of drug-likeness (QED) is 0.452. The predicted molar refractivity (Wildman–Crippen MR) is 112 cm³/mol. The lowest BCUT2D eigenvalue weighted by Gasteiger charge is -2.14. The molecule has 0 atom stereocenters. The van der Waals surface area contributed by atoms with E-state index in [0.717, 1.165) is 5.56 Å². The van der Waals surface area contributed by atoms with Crippen LogP contribution in [-0.4, -0.2) is 9.55 Å². The highest BCUT2D eigenvalue weighted by Crippen LogP contribution is 2.22. The number of hydrogen-bond acceptors (Lipinski definition) is 2. The van der Waals surface area contributed by atoms with Crippen LogP contribution in [0.1, 0.15) is 17.0 Å². The molecular weight excluding hydrogens is 375 g/mol. The molecule has 0 bridgehead atoms. The number of rotatable bonds is 3. The van der Waals surface area contributed by atoms with Crippen LogP contribution in [-0.2, 0) is 0 Å². The van der Waals surface area contributed by atoms with Crippen molar-refractivity contribution in [3.05, 3.63) is 105 Å². The minimum absolute atomic E-state index is 0.204. The molecule has 0 fully saturated rings.